The molecule has 0 bridgehead atoms. The van der Waals surface area contributed by atoms with Crippen LogP contribution in [0.4, 0.5) is 0 Å². The number of carbonyl (C=O) groups excluding carboxylic acids is 1. The molecule has 1 atom stereocenters. The Bertz CT molecular complexity index is 468. The standard InChI is InChI=1S/C18H27NO2/c1-3-17(4-2)19(11-12-20)18(21)16-10-9-14-7-5-6-8-15(14)13-16/h5-8,16-17,20H,3-4,9-13H2,1-2H3. The highest BCUT2D eigenvalue weighted by atomic mass is 16.3. The summed E-state index contributed by atoms with van der Waals surface area (Å²) in [5, 5.41) is 9.29. The zero-order chi connectivity index (χ0) is 15.2. The fraction of sp³-hybridized carbons (Fsp3) is 0.611. The molecule has 1 aromatic carbocycles. The van der Waals surface area contributed by atoms with Gasteiger partial charge in [-0.05, 0) is 43.2 Å². The van der Waals surface area contributed by atoms with E-state index in [0.29, 0.717) is 6.54 Å². The van der Waals surface area contributed by atoms with Crippen LogP contribution >= 0.6 is 0 Å². The molecule has 116 valence electrons. The van der Waals surface area contributed by atoms with Crippen LogP contribution in [0.15, 0.2) is 24.3 Å². The van der Waals surface area contributed by atoms with Gasteiger partial charge >= 0.3 is 0 Å². The molecule has 2 rings (SSSR count). The van der Waals surface area contributed by atoms with Crippen LogP contribution in [0, 0.1) is 5.92 Å². The van der Waals surface area contributed by atoms with E-state index in [1.807, 2.05) is 4.90 Å². The molecule has 0 fully saturated rings. The maximum absolute atomic E-state index is 12.9. The Labute approximate surface area is 128 Å². The summed E-state index contributed by atoms with van der Waals surface area (Å²) in [6.45, 7) is 4.73. The van der Waals surface area contributed by atoms with Gasteiger partial charge in [0.25, 0.3) is 0 Å². The van der Waals surface area contributed by atoms with E-state index in [-0.39, 0.29) is 24.5 Å². The summed E-state index contributed by atoms with van der Waals surface area (Å²) in [5.74, 6) is 0.305. The van der Waals surface area contributed by atoms with E-state index < -0.39 is 0 Å². The van der Waals surface area contributed by atoms with E-state index in [9.17, 15) is 9.90 Å². The van der Waals surface area contributed by atoms with Crippen LogP contribution in [0.3, 0.4) is 0 Å². The predicted octanol–water partition coefficient (Wildman–Crippen LogP) is 2.80. The van der Waals surface area contributed by atoms with E-state index in [1.54, 1.807) is 0 Å². The van der Waals surface area contributed by atoms with Crippen molar-refractivity contribution in [2.24, 2.45) is 5.92 Å². The molecule has 1 amide bonds. The lowest BCUT2D eigenvalue weighted by atomic mass is 9.83. The number of fused-ring (bicyclic) bond motifs is 1. The van der Waals surface area contributed by atoms with E-state index in [0.717, 1.165) is 32.1 Å². The van der Waals surface area contributed by atoms with Crippen molar-refractivity contribution >= 4 is 5.91 Å². The first-order valence-corrected chi connectivity index (χ1v) is 8.19. The van der Waals surface area contributed by atoms with Crippen LogP contribution in [0.25, 0.3) is 0 Å². The third-order valence-corrected chi connectivity index (χ3v) is 4.70. The quantitative estimate of drug-likeness (QED) is 0.875. The minimum Gasteiger partial charge on any atom is -0.395 e. The summed E-state index contributed by atoms with van der Waals surface area (Å²) in [5.41, 5.74) is 2.70. The normalized spacial score (nSPS) is 17.6. The van der Waals surface area contributed by atoms with Gasteiger partial charge in [0.15, 0.2) is 0 Å². The highest BCUT2D eigenvalue weighted by molar-refractivity contribution is 5.80. The van der Waals surface area contributed by atoms with Crippen LogP contribution in [0.1, 0.15) is 44.2 Å². The second-order valence-corrected chi connectivity index (χ2v) is 5.93. The van der Waals surface area contributed by atoms with Gasteiger partial charge in [-0.1, -0.05) is 38.1 Å². The molecule has 0 saturated carbocycles. The van der Waals surface area contributed by atoms with E-state index >= 15 is 0 Å². The van der Waals surface area contributed by atoms with Gasteiger partial charge in [-0.15, -0.1) is 0 Å². The van der Waals surface area contributed by atoms with Crippen molar-refractivity contribution < 1.29 is 9.90 Å². The van der Waals surface area contributed by atoms with Crippen LogP contribution in [0.2, 0.25) is 0 Å². The Kier molecular flexibility index (Phi) is 5.80. The summed E-state index contributed by atoms with van der Waals surface area (Å²) in [6, 6.07) is 8.69. The van der Waals surface area contributed by atoms with Gasteiger partial charge < -0.3 is 10.0 Å². The summed E-state index contributed by atoms with van der Waals surface area (Å²) in [4.78, 5) is 14.8. The Morgan fingerprint density at radius 2 is 1.95 bits per heavy atom. The van der Waals surface area contributed by atoms with Crippen LogP contribution in [0.5, 0.6) is 0 Å². The Morgan fingerprint density at radius 3 is 2.57 bits per heavy atom. The lowest BCUT2D eigenvalue weighted by Gasteiger charge is -2.35. The topological polar surface area (TPSA) is 40.5 Å². The van der Waals surface area contributed by atoms with Crippen molar-refractivity contribution in [3.05, 3.63) is 35.4 Å². The van der Waals surface area contributed by atoms with Gasteiger partial charge in [0.1, 0.15) is 0 Å². The van der Waals surface area contributed by atoms with E-state index in [2.05, 4.69) is 38.1 Å². The molecular formula is C18H27NO2. The molecule has 3 heteroatoms. The zero-order valence-corrected chi connectivity index (χ0v) is 13.2. The van der Waals surface area contributed by atoms with E-state index in [1.165, 1.54) is 11.1 Å². The molecule has 1 aliphatic carbocycles. The number of amides is 1. The molecule has 0 spiro atoms. The van der Waals surface area contributed by atoms with Crippen molar-refractivity contribution in [3.8, 4) is 0 Å². The molecular weight excluding hydrogens is 262 g/mol. The number of rotatable bonds is 6. The van der Waals surface area contributed by atoms with Crippen molar-refractivity contribution in [1.29, 1.82) is 0 Å². The van der Waals surface area contributed by atoms with Crippen molar-refractivity contribution in [3.63, 3.8) is 0 Å². The summed E-state index contributed by atoms with van der Waals surface area (Å²) < 4.78 is 0. The average Bonchev–Trinajstić information content (AvgIpc) is 2.54. The Balaban J connectivity index is 2.11. The molecule has 1 aliphatic rings. The largest absolute Gasteiger partial charge is 0.395 e. The lowest BCUT2D eigenvalue weighted by Crippen LogP contribution is -2.45. The van der Waals surface area contributed by atoms with Crippen LogP contribution < -0.4 is 0 Å². The van der Waals surface area contributed by atoms with E-state index in [4.69, 9.17) is 0 Å². The maximum Gasteiger partial charge on any atom is 0.226 e. The Hall–Kier alpha value is -1.35. The smallest absolute Gasteiger partial charge is 0.226 e. The van der Waals surface area contributed by atoms with Crippen molar-refractivity contribution in [1.82, 2.24) is 4.90 Å². The molecule has 1 aromatic rings. The maximum atomic E-state index is 12.9. The number of hydrogen-bond donors (Lipinski definition) is 1. The second-order valence-electron chi connectivity index (χ2n) is 5.93. The fourth-order valence-corrected chi connectivity index (χ4v) is 3.45. The number of carbonyl (C=O) groups is 1. The molecule has 3 nitrogen and oxygen atoms in total. The number of benzene rings is 1. The van der Waals surface area contributed by atoms with Crippen molar-refractivity contribution in [2.45, 2.75) is 52.0 Å². The number of hydrogen-bond acceptors (Lipinski definition) is 2. The van der Waals surface area contributed by atoms with Gasteiger partial charge in [-0.2, -0.15) is 0 Å². The summed E-state index contributed by atoms with van der Waals surface area (Å²) >= 11 is 0. The highest BCUT2D eigenvalue weighted by Gasteiger charge is 2.30. The Morgan fingerprint density at radius 1 is 1.29 bits per heavy atom. The third-order valence-electron chi connectivity index (χ3n) is 4.70. The third kappa shape index (κ3) is 3.65. The summed E-state index contributed by atoms with van der Waals surface area (Å²) in [7, 11) is 0. The van der Waals surface area contributed by atoms with Gasteiger partial charge in [0, 0.05) is 18.5 Å². The van der Waals surface area contributed by atoms with Gasteiger partial charge in [0.05, 0.1) is 6.61 Å². The molecule has 1 N–H and O–H groups in total. The minimum atomic E-state index is 0.0472. The average molecular weight is 289 g/mol. The first kappa shape index (κ1) is 16.0. The van der Waals surface area contributed by atoms with Crippen molar-refractivity contribution in [2.75, 3.05) is 13.2 Å². The number of aryl methyl sites for hydroxylation is 1. The monoisotopic (exact) mass is 289 g/mol. The number of nitrogens with zero attached hydrogens (tertiary/aromatic N) is 1. The molecule has 0 aliphatic heterocycles. The molecule has 0 heterocycles. The molecule has 0 radical (unpaired) electrons. The first-order chi connectivity index (χ1) is 10.2. The predicted molar refractivity (Wildman–Crippen MR) is 85.1 cm³/mol. The van der Waals surface area contributed by atoms with Crippen LogP contribution in [-0.4, -0.2) is 35.1 Å². The SMILES string of the molecule is CCC(CC)N(CCO)C(=O)C1CCc2ccccc2C1. The number of aliphatic hydroxyl groups is 1. The zero-order valence-electron chi connectivity index (χ0n) is 13.2. The molecule has 0 aromatic heterocycles. The van der Waals surface area contributed by atoms with Gasteiger partial charge in [-0.25, -0.2) is 0 Å². The fourth-order valence-electron chi connectivity index (χ4n) is 3.45. The summed E-state index contributed by atoms with van der Waals surface area (Å²) in [6.07, 6.45) is 4.66. The second kappa shape index (κ2) is 7.60. The minimum absolute atomic E-state index is 0.0472. The first-order valence-electron chi connectivity index (χ1n) is 8.19. The lowest BCUT2D eigenvalue weighted by molar-refractivity contribution is -0.139. The molecule has 0 saturated heterocycles. The highest BCUT2D eigenvalue weighted by Crippen LogP contribution is 2.27. The van der Waals surface area contributed by atoms with Gasteiger partial charge in [0.2, 0.25) is 5.91 Å². The number of aliphatic hydroxyl groups excluding tert-OH is 1. The molecule has 21 heavy (non-hydrogen) atoms. The van der Waals surface area contributed by atoms with Gasteiger partial charge in [-0.3, -0.25) is 4.79 Å². The van der Waals surface area contributed by atoms with Crippen LogP contribution in [-0.2, 0) is 17.6 Å². The molecule has 1 unspecified atom stereocenters.